The van der Waals surface area contributed by atoms with Crippen molar-refractivity contribution in [1.29, 1.82) is 0 Å². The summed E-state index contributed by atoms with van der Waals surface area (Å²) >= 11 is 0. The Morgan fingerprint density at radius 2 is 2.33 bits per heavy atom. The van der Waals surface area contributed by atoms with Gasteiger partial charge in [0.1, 0.15) is 12.3 Å². The second-order valence-corrected chi connectivity index (χ2v) is 4.46. The molecule has 2 aromatic heterocycles. The summed E-state index contributed by atoms with van der Waals surface area (Å²) in [6.45, 7) is 2.20. The largest absolute Gasteiger partial charge is 0.384 e. The predicted molar refractivity (Wildman–Crippen MR) is 77.4 cm³/mol. The van der Waals surface area contributed by atoms with Crippen LogP contribution >= 0.6 is 0 Å². The molecule has 0 saturated carbocycles. The molecule has 0 saturated heterocycles. The highest BCUT2D eigenvalue weighted by molar-refractivity contribution is 5.94. The minimum Gasteiger partial charge on any atom is -0.384 e. The molecule has 0 fully saturated rings. The van der Waals surface area contributed by atoms with Crippen molar-refractivity contribution < 1.29 is 9.90 Å². The van der Waals surface area contributed by atoms with E-state index >= 15 is 0 Å². The molecule has 0 aliphatic heterocycles. The van der Waals surface area contributed by atoms with Gasteiger partial charge in [-0.05, 0) is 25.1 Å². The zero-order valence-electron chi connectivity index (χ0n) is 11.7. The molecule has 0 bridgehead atoms. The van der Waals surface area contributed by atoms with Crippen LogP contribution in [0.15, 0.2) is 36.8 Å². The summed E-state index contributed by atoms with van der Waals surface area (Å²) in [6, 6.07) is 5.13. The van der Waals surface area contributed by atoms with Gasteiger partial charge in [0.25, 0.3) is 5.91 Å². The first kappa shape index (κ1) is 14.8. The number of amides is 1. The summed E-state index contributed by atoms with van der Waals surface area (Å²) in [4.78, 5) is 16.3. The predicted octanol–water partition coefficient (Wildman–Crippen LogP) is 0.440. The molecule has 6 nitrogen and oxygen atoms in total. The first-order chi connectivity index (χ1) is 10.2. The van der Waals surface area contributed by atoms with E-state index in [1.165, 1.54) is 6.20 Å². The van der Waals surface area contributed by atoms with Crippen LogP contribution in [0.5, 0.6) is 0 Å². The van der Waals surface area contributed by atoms with E-state index in [1.54, 1.807) is 23.0 Å². The number of aliphatic hydroxyl groups excluding tert-OH is 1. The number of hydrogen-bond donors (Lipinski definition) is 2. The lowest BCUT2D eigenvalue weighted by molar-refractivity contribution is 0.0930. The molecular formula is C15H16N4O2. The van der Waals surface area contributed by atoms with Crippen LogP contribution < -0.4 is 5.32 Å². The van der Waals surface area contributed by atoms with E-state index in [4.69, 9.17) is 5.11 Å². The highest BCUT2D eigenvalue weighted by Gasteiger charge is 2.14. The molecule has 0 aromatic carbocycles. The van der Waals surface area contributed by atoms with Gasteiger partial charge in [-0.1, -0.05) is 11.8 Å². The summed E-state index contributed by atoms with van der Waals surface area (Å²) in [5.41, 5.74) is 0.751. The summed E-state index contributed by atoms with van der Waals surface area (Å²) in [6.07, 6.45) is 5.06. The number of aliphatic hydroxyl groups is 1. The van der Waals surface area contributed by atoms with Gasteiger partial charge in [-0.2, -0.15) is 5.10 Å². The van der Waals surface area contributed by atoms with Gasteiger partial charge in [0, 0.05) is 24.6 Å². The summed E-state index contributed by atoms with van der Waals surface area (Å²) in [7, 11) is 0. The van der Waals surface area contributed by atoms with E-state index in [-0.39, 0.29) is 24.2 Å². The molecule has 1 amide bonds. The van der Waals surface area contributed by atoms with Crippen LogP contribution in [0, 0.1) is 11.8 Å². The molecule has 0 aliphatic carbocycles. The standard InChI is InChI=1S/C15H16N4O2/c1-12(11-19-9-4-8-17-19)18-15(21)14-13(6-3-10-20)5-2-7-16-14/h2,4-5,7-9,12,20H,10-11H2,1H3,(H,18,21). The fourth-order valence-corrected chi connectivity index (χ4v) is 1.85. The molecule has 6 heteroatoms. The molecule has 2 rings (SSSR count). The smallest absolute Gasteiger partial charge is 0.271 e. The average molecular weight is 284 g/mol. The first-order valence-electron chi connectivity index (χ1n) is 6.53. The molecule has 0 spiro atoms. The average Bonchev–Trinajstić information content (AvgIpc) is 2.98. The van der Waals surface area contributed by atoms with Crippen LogP contribution in [0.2, 0.25) is 0 Å². The zero-order chi connectivity index (χ0) is 15.1. The second-order valence-electron chi connectivity index (χ2n) is 4.46. The summed E-state index contributed by atoms with van der Waals surface area (Å²) in [5, 5.41) is 15.7. The lowest BCUT2D eigenvalue weighted by Gasteiger charge is -2.14. The van der Waals surface area contributed by atoms with E-state index in [2.05, 4.69) is 27.2 Å². The molecule has 0 aliphatic rings. The zero-order valence-corrected chi connectivity index (χ0v) is 11.7. The topological polar surface area (TPSA) is 80.0 Å². The SMILES string of the molecule is CC(Cn1cccn1)NC(=O)c1ncccc1C#CCO. The third kappa shape index (κ3) is 4.16. The molecule has 1 unspecified atom stereocenters. The summed E-state index contributed by atoms with van der Waals surface area (Å²) in [5.74, 6) is 4.95. The molecular weight excluding hydrogens is 268 g/mol. The normalized spacial score (nSPS) is 11.3. The maximum Gasteiger partial charge on any atom is 0.271 e. The third-order valence-electron chi connectivity index (χ3n) is 2.72. The van der Waals surface area contributed by atoms with Crippen LogP contribution in [-0.4, -0.2) is 38.4 Å². The van der Waals surface area contributed by atoms with E-state index in [0.717, 1.165) is 0 Å². The van der Waals surface area contributed by atoms with Crippen molar-refractivity contribution in [3.8, 4) is 11.8 Å². The van der Waals surface area contributed by atoms with Gasteiger partial charge in [0.15, 0.2) is 0 Å². The molecule has 1 atom stereocenters. The van der Waals surface area contributed by atoms with Crippen LogP contribution in [0.1, 0.15) is 23.0 Å². The quantitative estimate of drug-likeness (QED) is 0.798. The number of pyridine rings is 1. The van der Waals surface area contributed by atoms with Crippen LogP contribution in [0.3, 0.4) is 0 Å². The van der Waals surface area contributed by atoms with Gasteiger partial charge >= 0.3 is 0 Å². The van der Waals surface area contributed by atoms with E-state index in [1.807, 2.05) is 19.2 Å². The molecule has 2 heterocycles. The minimum atomic E-state index is -0.294. The van der Waals surface area contributed by atoms with Crippen LogP contribution in [0.25, 0.3) is 0 Å². The van der Waals surface area contributed by atoms with Crippen molar-refractivity contribution in [3.63, 3.8) is 0 Å². The Balaban J connectivity index is 2.06. The second kappa shape index (κ2) is 7.22. The number of rotatable bonds is 4. The Labute approximate surface area is 122 Å². The number of aromatic nitrogens is 3. The van der Waals surface area contributed by atoms with E-state index < -0.39 is 0 Å². The lowest BCUT2D eigenvalue weighted by atomic mass is 10.1. The van der Waals surface area contributed by atoms with Crippen molar-refractivity contribution in [1.82, 2.24) is 20.1 Å². The molecule has 2 N–H and O–H groups in total. The van der Waals surface area contributed by atoms with Crippen molar-refractivity contribution >= 4 is 5.91 Å². The maximum absolute atomic E-state index is 12.2. The van der Waals surface area contributed by atoms with Gasteiger partial charge in [0.05, 0.1) is 12.1 Å². The number of nitrogens with one attached hydrogen (secondary N) is 1. The highest BCUT2D eigenvalue weighted by Crippen LogP contribution is 2.04. The van der Waals surface area contributed by atoms with Gasteiger partial charge in [-0.25, -0.2) is 4.98 Å². The molecule has 2 aromatic rings. The van der Waals surface area contributed by atoms with Crippen LogP contribution in [0.4, 0.5) is 0 Å². The summed E-state index contributed by atoms with van der Waals surface area (Å²) < 4.78 is 1.75. The lowest BCUT2D eigenvalue weighted by Crippen LogP contribution is -2.36. The number of nitrogens with zero attached hydrogens (tertiary/aromatic N) is 3. The van der Waals surface area contributed by atoms with E-state index in [0.29, 0.717) is 12.1 Å². The molecule has 108 valence electrons. The third-order valence-corrected chi connectivity index (χ3v) is 2.72. The van der Waals surface area contributed by atoms with Crippen molar-refractivity contribution in [2.24, 2.45) is 0 Å². The highest BCUT2D eigenvalue weighted by atomic mass is 16.2. The Morgan fingerprint density at radius 3 is 3.05 bits per heavy atom. The number of carbonyl (C=O) groups is 1. The minimum absolute atomic E-state index is 0.0990. The monoisotopic (exact) mass is 284 g/mol. The Hall–Kier alpha value is -2.65. The fraction of sp³-hybridized carbons (Fsp3) is 0.267. The van der Waals surface area contributed by atoms with Crippen molar-refractivity contribution in [3.05, 3.63) is 48.0 Å². The number of carbonyl (C=O) groups excluding carboxylic acids is 1. The maximum atomic E-state index is 12.2. The van der Waals surface area contributed by atoms with Gasteiger partial charge in [0.2, 0.25) is 0 Å². The van der Waals surface area contributed by atoms with Gasteiger partial charge < -0.3 is 10.4 Å². The van der Waals surface area contributed by atoms with Gasteiger partial charge in [-0.15, -0.1) is 0 Å². The Morgan fingerprint density at radius 1 is 1.48 bits per heavy atom. The van der Waals surface area contributed by atoms with Crippen molar-refractivity contribution in [2.75, 3.05) is 6.61 Å². The van der Waals surface area contributed by atoms with Gasteiger partial charge in [-0.3, -0.25) is 9.48 Å². The molecule has 0 radical (unpaired) electrons. The van der Waals surface area contributed by atoms with E-state index in [9.17, 15) is 4.79 Å². The Bertz CT molecular complexity index is 656. The number of hydrogen-bond acceptors (Lipinski definition) is 4. The molecule has 21 heavy (non-hydrogen) atoms. The first-order valence-corrected chi connectivity index (χ1v) is 6.53. The Kier molecular flexibility index (Phi) is 5.07. The fourth-order valence-electron chi connectivity index (χ4n) is 1.85. The van der Waals surface area contributed by atoms with Crippen LogP contribution in [-0.2, 0) is 6.54 Å². The van der Waals surface area contributed by atoms with Crippen molar-refractivity contribution in [2.45, 2.75) is 19.5 Å².